The van der Waals surface area contributed by atoms with E-state index in [2.05, 4.69) is 5.32 Å². The average Bonchev–Trinajstić information content (AvgIpc) is 3.38. The number of halogens is 3. The van der Waals surface area contributed by atoms with E-state index in [1.54, 1.807) is 0 Å². The molecule has 2 aromatic rings. The molecule has 0 saturated heterocycles. The smallest absolute Gasteiger partial charge is 0.352 e. The second-order valence-corrected chi connectivity index (χ2v) is 12.3. The minimum atomic E-state index is -4.63. The highest BCUT2D eigenvalue weighted by atomic mass is 32.2. The molecular weight excluding hydrogens is 543 g/mol. The zero-order chi connectivity index (χ0) is 29.5. The summed E-state index contributed by atoms with van der Waals surface area (Å²) in [6, 6.07) is 11.1. The molecule has 1 N–H and O–H groups in total. The fraction of sp³-hybridized carbons (Fsp3) is 0.517. The van der Waals surface area contributed by atoms with Crippen LogP contribution < -0.4 is 9.62 Å². The average molecular weight is 582 g/mol. The van der Waals surface area contributed by atoms with Gasteiger partial charge in [0, 0.05) is 25.6 Å². The number of rotatable bonds is 12. The molecule has 1 aliphatic rings. The van der Waals surface area contributed by atoms with E-state index in [0.717, 1.165) is 65.6 Å². The van der Waals surface area contributed by atoms with Crippen molar-refractivity contribution in [2.24, 2.45) is 0 Å². The van der Waals surface area contributed by atoms with E-state index in [0.29, 0.717) is 6.42 Å². The van der Waals surface area contributed by atoms with Crippen molar-refractivity contribution in [1.82, 2.24) is 10.2 Å². The van der Waals surface area contributed by atoms with Gasteiger partial charge in [-0.1, -0.05) is 55.7 Å². The van der Waals surface area contributed by atoms with Gasteiger partial charge in [0.2, 0.25) is 21.8 Å². The fourth-order valence-electron chi connectivity index (χ4n) is 5.14. The van der Waals surface area contributed by atoms with Crippen molar-refractivity contribution in [2.45, 2.75) is 83.6 Å². The van der Waals surface area contributed by atoms with Crippen molar-refractivity contribution < 1.29 is 31.2 Å². The quantitative estimate of drug-likeness (QED) is 0.362. The first-order valence-electron chi connectivity index (χ1n) is 13.6. The number of aryl methyl sites for hydroxylation is 1. The van der Waals surface area contributed by atoms with Crippen LogP contribution in [0.25, 0.3) is 0 Å². The van der Waals surface area contributed by atoms with E-state index in [-0.39, 0.29) is 49.5 Å². The molecule has 1 fully saturated rings. The molecule has 2 amide bonds. The molecule has 0 heterocycles. The standard InChI is InChI=1S/C29H38F3N3O4S/c1-4-26(28(37)33-24-13-5-6-14-24)34(20-22-11-7-10-21(2)18-22)27(36)16-9-17-35(40(3,38)39)25-15-8-12-23(19-25)29(30,31)32/h7-8,10-12,15,18-19,24,26H,4-6,9,13-14,16-17,20H2,1-3H3,(H,33,37). The number of sulfonamides is 1. The van der Waals surface area contributed by atoms with Crippen LogP contribution in [0.4, 0.5) is 18.9 Å². The largest absolute Gasteiger partial charge is 0.416 e. The van der Waals surface area contributed by atoms with Crippen LogP contribution in [0.5, 0.6) is 0 Å². The summed E-state index contributed by atoms with van der Waals surface area (Å²) in [5, 5.41) is 3.08. The molecule has 1 aliphatic carbocycles. The van der Waals surface area contributed by atoms with E-state index in [9.17, 15) is 31.2 Å². The molecule has 0 radical (unpaired) electrons. The van der Waals surface area contributed by atoms with Crippen LogP contribution in [0.15, 0.2) is 48.5 Å². The Hall–Kier alpha value is -3.08. The highest BCUT2D eigenvalue weighted by Gasteiger charge is 2.33. The lowest BCUT2D eigenvalue weighted by Crippen LogP contribution is -2.51. The summed E-state index contributed by atoms with van der Waals surface area (Å²) < 4.78 is 65.5. The fourth-order valence-corrected chi connectivity index (χ4v) is 6.09. The first-order valence-corrected chi connectivity index (χ1v) is 15.4. The Labute approximate surface area is 234 Å². The van der Waals surface area contributed by atoms with E-state index >= 15 is 0 Å². The number of benzene rings is 2. The number of hydrogen-bond donors (Lipinski definition) is 1. The van der Waals surface area contributed by atoms with E-state index in [1.807, 2.05) is 38.1 Å². The van der Waals surface area contributed by atoms with Crippen molar-refractivity contribution >= 4 is 27.5 Å². The Morgan fingerprint density at radius 1 is 1.07 bits per heavy atom. The number of hydrogen-bond acceptors (Lipinski definition) is 4. The number of amides is 2. The van der Waals surface area contributed by atoms with Gasteiger partial charge in [-0.25, -0.2) is 8.42 Å². The van der Waals surface area contributed by atoms with Gasteiger partial charge >= 0.3 is 6.18 Å². The van der Waals surface area contributed by atoms with Gasteiger partial charge in [-0.3, -0.25) is 13.9 Å². The molecule has 7 nitrogen and oxygen atoms in total. The lowest BCUT2D eigenvalue weighted by molar-refractivity contribution is -0.141. The number of nitrogens with one attached hydrogen (secondary N) is 1. The molecule has 220 valence electrons. The lowest BCUT2D eigenvalue weighted by Gasteiger charge is -2.32. The SMILES string of the molecule is CCC(C(=O)NC1CCCC1)N(Cc1cccc(C)c1)C(=O)CCCN(c1cccc(C(F)(F)F)c1)S(C)(=O)=O. The molecule has 1 saturated carbocycles. The molecule has 0 aromatic heterocycles. The number of nitrogens with zero attached hydrogens (tertiary/aromatic N) is 2. The highest BCUT2D eigenvalue weighted by Crippen LogP contribution is 2.32. The van der Waals surface area contributed by atoms with Crippen LogP contribution in [0.2, 0.25) is 0 Å². The third-order valence-electron chi connectivity index (χ3n) is 7.14. The Morgan fingerprint density at radius 2 is 1.75 bits per heavy atom. The molecule has 3 rings (SSSR count). The number of alkyl halides is 3. The van der Waals surface area contributed by atoms with Crippen LogP contribution in [-0.4, -0.2) is 50.0 Å². The van der Waals surface area contributed by atoms with Gasteiger partial charge < -0.3 is 10.2 Å². The molecule has 0 spiro atoms. The molecule has 1 atom stereocenters. The first-order chi connectivity index (χ1) is 18.8. The van der Waals surface area contributed by atoms with Crippen molar-refractivity contribution in [2.75, 3.05) is 17.1 Å². The maximum atomic E-state index is 13.6. The summed E-state index contributed by atoms with van der Waals surface area (Å²) in [4.78, 5) is 28.4. The summed E-state index contributed by atoms with van der Waals surface area (Å²) in [5.41, 5.74) is 0.794. The molecule has 11 heteroatoms. The molecule has 0 bridgehead atoms. The predicted octanol–water partition coefficient (Wildman–Crippen LogP) is 5.43. The van der Waals surface area contributed by atoms with Crippen LogP contribution >= 0.6 is 0 Å². The highest BCUT2D eigenvalue weighted by molar-refractivity contribution is 7.92. The van der Waals surface area contributed by atoms with E-state index < -0.39 is 27.8 Å². The summed E-state index contributed by atoms with van der Waals surface area (Å²) in [6.45, 7) is 3.80. The molecule has 2 aromatic carbocycles. The second kappa shape index (κ2) is 13.5. The topological polar surface area (TPSA) is 86.8 Å². The van der Waals surface area contributed by atoms with Crippen LogP contribution in [0.1, 0.15) is 68.6 Å². The predicted molar refractivity (Wildman–Crippen MR) is 149 cm³/mol. The van der Waals surface area contributed by atoms with Crippen molar-refractivity contribution in [3.8, 4) is 0 Å². The van der Waals surface area contributed by atoms with E-state index in [4.69, 9.17) is 0 Å². The third kappa shape index (κ3) is 8.71. The Kier molecular flexibility index (Phi) is 10.6. The van der Waals surface area contributed by atoms with Crippen molar-refractivity contribution in [3.05, 3.63) is 65.2 Å². The van der Waals surface area contributed by atoms with E-state index in [1.165, 1.54) is 11.0 Å². The van der Waals surface area contributed by atoms with Gasteiger partial charge in [0.1, 0.15) is 6.04 Å². The number of carbonyl (C=O) groups excluding carboxylic acids is 2. The summed E-state index contributed by atoms with van der Waals surface area (Å²) in [7, 11) is -3.92. The minimum absolute atomic E-state index is 0.0626. The monoisotopic (exact) mass is 581 g/mol. The first kappa shape index (κ1) is 31.4. The maximum absolute atomic E-state index is 13.6. The van der Waals surface area contributed by atoms with Crippen molar-refractivity contribution in [3.63, 3.8) is 0 Å². The zero-order valence-corrected chi connectivity index (χ0v) is 24.0. The Balaban J connectivity index is 1.78. The lowest BCUT2D eigenvalue weighted by atomic mass is 10.1. The zero-order valence-electron chi connectivity index (χ0n) is 23.2. The Morgan fingerprint density at radius 3 is 2.35 bits per heavy atom. The molecule has 1 unspecified atom stereocenters. The minimum Gasteiger partial charge on any atom is -0.352 e. The molecular formula is C29H38F3N3O4S. The molecule has 0 aliphatic heterocycles. The van der Waals surface area contributed by atoms with Gasteiger partial charge in [0.05, 0.1) is 17.5 Å². The van der Waals surface area contributed by atoms with Gasteiger partial charge in [0.25, 0.3) is 0 Å². The summed E-state index contributed by atoms with van der Waals surface area (Å²) in [5.74, 6) is -0.537. The normalized spacial score (nSPS) is 15.1. The van der Waals surface area contributed by atoms with Gasteiger partial charge in [-0.05, 0) is 56.4 Å². The number of carbonyl (C=O) groups is 2. The Bertz CT molecular complexity index is 1280. The molecule has 40 heavy (non-hydrogen) atoms. The van der Waals surface area contributed by atoms with Crippen molar-refractivity contribution in [1.29, 1.82) is 0 Å². The van der Waals surface area contributed by atoms with Gasteiger partial charge in [0.15, 0.2) is 0 Å². The summed E-state index contributed by atoms with van der Waals surface area (Å²) >= 11 is 0. The van der Waals surface area contributed by atoms with Crippen LogP contribution in [0, 0.1) is 6.92 Å². The second-order valence-electron chi connectivity index (χ2n) is 10.4. The number of anilines is 1. The van der Waals surface area contributed by atoms with Gasteiger partial charge in [-0.15, -0.1) is 0 Å². The summed E-state index contributed by atoms with van der Waals surface area (Å²) in [6.07, 6.45) is 0.592. The third-order valence-corrected chi connectivity index (χ3v) is 8.33. The maximum Gasteiger partial charge on any atom is 0.416 e. The van der Waals surface area contributed by atoms with Crippen LogP contribution in [0.3, 0.4) is 0 Å². The van der Waals surface area contributed by atoms with Gasteiger partial charge in [-0.2, -0.15) is 13.2 Å². The van der Waals surface area contributed by atoms with Crippen LogP contribution in [-0.2, 0) is 32.3 Å².